The number of ether oxygens (including phenoxy) is 1. The van der Waals surface area contributed by atoms with Crippen molar-refractivity contribution in [3.05, 3.63) is 58.1 Å². The van der Waals surface area contributed by atoms with E-state index in [0.29, 0.717) is 11.1 Å². The van der Waals surface area contributed by atoms with Gasteiger partial charge in [0.2, 0.25) is 0 Å². The lowest BCUT2D eigenvalue weighted by Gasteiger charge is -2.15. The summed E-state index contributed by atoms with van der Waals surface area (Å²) in [5.74, 6) is -0.307. The number of aromatic hydroxyl groups is 1. The van der Waals surface area contributed by atoms with Gasteiger partial charge in [0.15, 0.2) is 0 Å². The van der Waals surface area contributed by atoms with Crippen molar-refractivity contribution in [2.24, 2.45) is 5.73 Å². The molecule has 0 heterocycles. The molecule has 0 unspecified atom stereocenters. The molecule has 2 aromatic rings. The highest BCUT2D eigenvalue weighted by Gasteiger charge is 2.31. The molecule has 0 aromatic heterocycles. The Morgan fingerprint density at radius 3 is 2.29 bits per heavy atom. The molecule has 0 fully saturated rings. The number of hydrogen-bond acceptors (Lipinski definition) is 3. The number of halogens is 4. The Labute approximate surface area is 127 Å². The normalized spacial score (nSPS) is 13.0. The van der Waals surface area contributed by atoms with Crippen molar-refractivity contribution in [2.45, 2.75) is 12.4 Å². The maximum Gasteiger partial charge on any atom is 0.573 e. The molecule has 0 saturated heterocycles. The first-order chi connectivity index (χ1) is 9.76. The standard InChI is InChI=1S/C14H11BrF3NO2/c15-9-3-6-12(20)11(7-9)13(19)8-1-4-10(5-2-8)21-14(16,17)18/h1-7,13,20H,19H2/t13-/m1/s1. The van der Waals surface area contributed by atoms with Crippen LogP contribution in [-0.2, 0) is 0 Å². The summed E-state index contributed by atoms with van der Waals surface area (Å²) in [5, 5.41) is 9.80. The van der Waals surface area contributed by atoms with Crippen molar-refractivity contribution in [1.29, 1.82) is 0 Å². The molecular weight excluding hydrogens is 351 g/mol. The van der Waals surface area contributed by atoms with E-state index in [9.17, 15) is 18.3 Å². The van der Waals surface area contributed by atoms with E-state index in [0.717, 1.165) is 4.47 Å². The first kappa shape index (κ1) is 15.7. The molecule has 21 heavy (non-hydrogen) atoms. The lowest BCUT2D eigenvalue weighted by Crippen LogP contribution is -2.17. The Bertz CT molecular complexity index is 629. The fourth-order valence-electron chi connectivity index (χ4n) is 1.83. The maximum atomic E-state index is 12.1. The van der Waals surface area contributed by atoms with Gasteiger partial charge in [-0.3, -0.25) is 0 Å². The maximum absolute atomic E-state index is 12.1. The minimum atomic E-state index is -4.73. The second-order valence-corrected chi connectivity index (χ2v) is 5.21. The molecule has 1 atom stereocenters. The molecule has 2 aromatic carbocycles. The predicted molar refractivity (Wildman–Crippen MR) is 75.0 cm³/mol. The quantitative estimate of drug-likeness (QED) is 0.865. The van der Waals surface area contributed by atoms with Gasteiger partial charge < -0.3 is 15.6 Å². The van der Waals surface area contributed by atoms with Gasteiger partial charge in [-0.1, -0.05) is 28.1 Å². The Balaban J connectivity index is 2.24. The summed E-state index contributed by atoms with van der Waals surface area (Å²) in [7, 11) is 0. The van der Waals surface area contributed by atoms with E-state index in [1.807, 2.05) is 0 Å². The van der Waals surface area contributed by atoms with Crippen LogP contribution in [0.2, 0.25) is 0 Å². The van der Waals surface area contributed by atoms with Gasteiger partial charge in [-0.2, -0.15) is 0 Å². The zero-order valence-corrected chi connectivity index (χ0v) is 12.1. The molecule has 0 amide bonds. The van der Waals surface area contributed by atoms with E-state index in [-0.39, 0.29) is 11.5 Å². The van der Waals surface area contributed by atoms with Gasteiger partial charge in [0.25, 0.3) is 0 Å². The zero-order chi connectivity index (χ0) is 15.6. The fraction of sp³-hybridized carbons (Fsp3) is 0.143. The Morgan fingerprint density at radius 1 is 1.10 bits per heavy atom. The Kier molecular flexibility index (Phi) is 4.43. The van der Waals surface area contributed by atoms with Crippen LogP contribution in [0.15, 0.2) is 46.9 Å². The van der Waals surface area contributed by atoms with Crippen LogP contribution in [-0.4, -0.2) is 11.5 Å². The van der Waals surface area contributed by atoms with Gasteiger partial charge in [-0.15, -0.1) is 13.2 Å². The number of phenolic OH excluding ortho intramolecular Hbond substituents is 1. The Hall–Kier alpha value is -1.73. The summed E-state index contributed by atoms with van der Waals surface area (Å²) in [5.41, 5.74) is 7.04. The number of benzene rings is 2. The van der Waals surface area contributed by atoms with E-state index >= 15 is 0 Å². The monoisotopic (exact) mass is 361 g/mol. The molecule has 0 aliphatic heterocycles. The number of rotatable bonds is 3. The highest BCUT2D eigenvalue weighted by molar-refractivity contribution is 9.10. The van der Waals surface area contributed by atoms with Crippen molar-refractivity contribution in [1.82, 2.24) is 0 Å². The lowest BCUT2D eigenvalue weighted by atomic mass is 9.99. The van der Waals surface area contributed by atoms with Crippen molar-refractivity contribution in [3.63, 3.8) is 0 Å². The van der Waals surface area contributed by atoms with E-state index in [1.54, 1.807) is 12.1 Å². The zero-order valence-electron chi connectivity index (χ0n) is 10.6. The van der Waals surface area contributed by atoms with E-state index in [2.05, 4.69) is 20.7 Å². The van der Waals surface area contributed by atoms with Gasteiger partial charge in [0.1, 0.15) is 11.5 Å². The smallest absolute Gasteiger partial charge is 0.508 e. The average molecular weight is 362 g/mol. The van der Waals surface area contributed by atoms with E-state index < -0.39 is 12.4 Å². The average Bonchev–Trinajstić information content (AvgIpc) is 2.40. The first-order valence-electron chi connectivity index (χ1n) is 5.86. The minimum Gasteiger partial charge on any atom is -0.508 e. The van der Waals surface area contributed by atoms with Crippen molar-refractivity contribution in [2.75, 3.05) is 0 Å². The van der Waals surface area contributed by atoms with Crippen LogP contribution >= 0.6 is 15.9 Å². The highest BCUT2D eigenvalue weighted by atomic mass is 79.9. The molecule has 0 bridgehead atoms. The van der Waals surface area contributed by atoms with Crippen molar-refractivity contribution in [3.8, 4) is 11.5 Å². The van der Waals surface area contributed by atoms with Crippen LogP contribution in [0, 0.1) is 0 Å². The molecule has 112 valence electrons. The third-order valence-electron chi connectivity index (χ3n) is 2.80. The summed E-state index contributed by atoms with van der Waals surface area (Å²) >= 11 is 3.27. The third-order valence-corrected chi connectivity index (χ3v) is 3.29. The van der Waals surface area contributed by atoms with Crippen LogP contribution in [0.3, 0.4) is 0 Å². The van der Waals surface area contributed by atoms with Crippen LogP contribution in [0.5, 0.6) is 11.5 Å². The van der Waals surface area contributed by atoms with Crippen LogP contribution in [0.4, 0.5) is 13.2 Å². The van der Waals surface area contributed by atoms with Crippen LogP contribution in [0.25, 0.3) is 0 Å². The van der Waals surface area contributed by atoms with Crippen LogP contribution < -0.4 is 10.5 Å². The third kappa shape index (κ3) is 4.12. The molecule has 0 aliphatic carbocycles. The number of phenols is 1. The molecule has 0 spiro atoms. The lowest BCUT2D eigenvalue weighted by molar-refractivity contribution is -0.274. The van der Waals surface area contributed by atoms with Gasteiger partial charge in [-0.05, 0) is 35.9 Å². The second-order valence-electron chi connectivity index (χ2n) is 4.30. The summed E-state index contributed by atoms with van der Waals surface area (Å²) in [6.45, 7) is 0. The second kappa shape index (κ2) is 5.95. The topological polar surface area (TPSA) is 55.5 Å². The summed E-state index contributed by atoms with van der Waals surface area (Å²) in [4.78, 5) is 0. The minimum absolute atomic E-state index is 0.0151. The summed E-state index contributed by atoms with van der Waals surface area (Å²) < 4.78 is 40.8. The number of hydrogen-bond donors (Lipinski definition) is 2. The SMILES string of the molecule is N[C@H](c1ccc(OC(F)(F)F)cc1)c1cc(Br)ccc1O. The molecule has 3 N–H and O–H groups in total. The summed E-state index contributed by atoms with van der Waals surface area (Å²) in [6, 6.07) is 9.34. The van der Waals surface area contributed by atoms with E-state index in [4.69, 9.17) is 5.73 Å². The largest absolute Gasteiger partial charge is 0.573 e. The first-order valence-corrected chi connectivity index (χ1v) is 6.65. The number of alkyl halides is 3. The van der Waals surface area contributed by atoms with Gasteiger partial charge in [0, 0.05) is 10.0 Å². The highest BCUT2D eigenvalue weighted by Crippen LogP contribution is 2.31. The van der Waals surface area contributed by atoms with Crippen molar-refractivity contribution < 1.29 is 23.0 Å². The molecule has 7 heteroatoms. The molecule has 3 nitrogen and oxygen atoms in total. The molecule has 0 saturated carbocycles. The van der Waals surface area contributed by atoms with E-state index in [1.165, 1.54) is 30.3 Å². The van der Waals surface area contributed by atoms with Crippen molar-refractivity contribution >= 4 is 15.9 Å². The Morgan fingerprint density at radius 2 is 1.71 bits per heavy atom. The molecular formula is C14H11BrF3NO2. The summed E-state index contributed by atoms with van der Waals surface area (Å²) in [6.07, 6.45) is -4.73. The predicted octanol–water partition coefficient (Wildman–Crippen LogP) is 4.10. The van der Waals surface area contributed by atoms with Crippen LogP contribution in [0.1, 0.15) is 17.2 Å². The fourth-order valence-corrected chi connectivity index (χ4v) is 2.21. The van der Waals surface area contributed by atoms with Gasteiger partial charge in [0.05, 0.1) is 6.04 Å². The molecule has 2 rings (SSSR count). The van der Waals surface area contributed by atoms with Gasteiger partial charge in [-0.25, -0.2) is 0 Å². The molecule has 0 aliphatic rings. The molecule has 0 radical (unpaired) electrons. The van der Waals surface area contributed by atoms with Gasteiger partial charge >= 0.3 is 6.36 Å². The number of nitrogens with two attached hydrogens (primary N) is 1.